The van der Waals surface area contributed by atoms with Gasteiger partial charge >= 0.3 is 17.0 Å². The normalized spacial score (nSPS) is 10.0. The highest BCUT2D eigenvalue weighted by Gasteiger charge is 2.22. The number of anilines is 1. The Hall–Kier alpha value is -2.61. The molecule has 1 aromatic heterocycles. The smallest absolute Gasteiger partial charge is 0.343 e. The molecule has 7 nitrogen and oxygen atoms in total. The van der Waals surface area contributed by atoms with Gasteiger partial charge in [0, 0.05) is 6.92 Å². The van der Waals surface area contributed by atoms with Crippen molar-refractivity contribution in [3.8, 4) is 5.75 Å². The molecule has 0 radical (unpaired) electrons. The van der Waals surface area contributed by atoms with Gasteiger partial charge in [-0.1, -0.05) is 12.1 Å². The third-order valence-electron chi connectivity index (χ3n) is 2.57. The predicted octanol–water partition coefficient (Wildman–Crippen LogP) is 2.45. The molecule has 0 fully saturated rings. The average molecular weight is 306 g/mol. The van der Waals surface area contributed by atoms with Gasteiger partial charge in [-0.3, -0.25) is 4.79 Å². The van der Waals surface area contributed by atoms with E-state index in [0.717, 1.165) is 11.3 Å². The van der Waals surface area contributed by atoms with E-state index in [-0.39, 0.29) is 16.3 Å². The van der Waals surface area contributed by atoms with Gasteiger partial charge in [0.1, 0.15) is 17.5 Å². The Balaban J connectivity index is 2.29. The Morgan fingerprint density at radius 1 is 1.38 bits per heavy atom. The summed E-state index contributed by atoms with van der Waals surface area (Å²) in [5.41, 5.74) is 0.923. The number of nitroso groups, excluding NO2 is 1. The Morgan fingerprint density at radius 2 is 2.14 bits per heavy atom. The van der Waals surface area contributed by atoms with Gasteiger partial charge in [-0.2, -0.15) is 5.32 Å². The highest BCUT2D eigenvalue weighted by atomic mass is 32.1. The molecule has 0 aliphatic heterocycles. The van der Waals surface area contributed by atoms with Gasteiger partial charge in [-0.15, -0.1) is 4.91 Å². The fourth-order valence-electron chi connectivity index (χ4n) is 1.73. The van der Waals surface area contributed by atoms with Crippen LogP contribution in [0.3, 0.4) is 0 Å². The van der Waals surface area contributed by atoms with Gasteiger partial charge < -0.3 is 4.74 Å². The third kappa shape index (κ3) is 3.48. The van der Waals surface area contributed by atoms with Crippen LogP contribution in [0, 0.1) is 11.8 Å². The van der Waals surface area contributed by atoms with E-state index in [1.807, 2.05) is 0 Å². The van der Waals surface area contributed by atoms with E-state index < -0.39 is 11.9 Å². The highest BCUT2D eigenvalue weighted by Crippen LogP contribution is 2.26. The molecule has 8 heteroatoms. The number of hydrogen-bond acceptors (Lipinski definition) is 6. The number of thiazole rings is 1. The molecule has 0 aliphatic rings. The second-order valence-corrected chi connectivity index (χ2v) is 5.18. The van der Waals surface area contributed by atoms with Crippen molar-refractivity contribution < 1.29 is 19.3 Å². The van der Waals surface area contributed by atoms with Crippen LogP contribution in [0.15, 0.2) is 29.6 Å². The number of carbonyl (C=O) groups is 2. The van der Waals surface area contributed by atoms with Gasteiger partial charge in [-0.25, -0.2) is 9.78 Å². The molecule has 0 spiro atoms. The molecule has 0 saturated heterocycles. The molecule has 0 aliphatic carbocycles. The average Bonchev–Trinajstić information content (AvgIpc) is 2.85. The van der Waals surface area contributed by atoms with E-state index >= 15 is 0 Å². The van der Waals surface area contributed by atoms with Crippen LogP contribution >= 0.6 is 11.3 Å². The maximum atomic E-state index is 12.3. The van der Waals surface area contributed by atoms with E-state index in [9.17, 15) is 14.5 Å². The van der Waals surface area contributed by atoms with Crippen LogP contribution in [0.1, 0.15) is 22.8 Å². The first kappa shape index (κ1) is 14.8. The molecular weight excluding hydrogens is 294 g/mol. The lowest BCUT2D eigenvalue weighted by Gasteiger charge is -2.08. The first-order chi connectivity index (χ1) is 10.0. The molecule has 2 aromatic rings. The number of ether oxygens (including phenoxy) is 1. The van der Waals surface area contributed by atoms with E-state index in [0.29, 0.717) is 10.7 Å². The van der Waals surface area contributed by atoms with Gasteiger partial charge in [-0.05, 0) is 35.1 Å². The van der Waals surface area contributed by atoms with E-state index in [1.165, 1.54) is 13.1 Å². The maximum absolute atomic E-state index is 12.3. The van der Waals surface area contributed by atoms with Crippen LogP contribution in [0.2, 0.25) is 0 Å². The summed E-state index contributed by atoms with van der Waals surface area (Å²) in [5.74, 6) is -0.769. The van der Waals surface area contributed by atoms with E-state index in [2.05, 4.69) is 15.5 Å². The fraction of sp³-hybridized carbons (Fsp3) is 0.154. The van der Waals surface area contributed by atoms with Crippen LogP contribution in [0.25, 0.3) is 0 Å². The van der Waals surface area contributed by atoms with E-state index in [1.54, 1.807) is 25.1 Å². The van der Waals surface area contributed by atoms with Crippen LogP contribution < -0.4 is 15.0 Å². The van der Waals surface area contributed by atoms with E-state index in [4.69, 9.17) is 4.74 Å². The van der Waals surface area contributed by atoms with Crippen LogP contribution in [-0.4, -0.2) is 11.9 Å². The van der Waals surface area contributed by atoms with Crippen LogP contribution in [-0.2, 0) is 4.79 Å². The molecule has 0 bridgehead atoms. The number of carbonyl (C=O) groups excluding carboxylic acids is 2. The number of nitrogens with one attached hydrogen (secondary N) is 2. The number of benzene rings is 1. The molecule has 1 aromatic carbocycles. The predicted molar refractivity (Wildman–Crippen MR) is 76.8 cm³/mol. The van der Waals surface area contributed by atoms with Crippen molar-refractivity contribution in [2.24, 2.45) is 5.18 Å². The molecule has 2 rings (SSSR count). The van der Waals surface area contributed by atoms with Crippen molar-refractivity contribution >= 4 is 33.3 Å². The molecule has 0 saturated carbocycles. The van der Waals surface area contributed by atoms with Crippen molar-refractivity contribution in [1.29, 1.82) is 0 Å². The summed E-state index contributed by atoms with van der Waals surface area (Å²) in [5, 5.41) is 5.95. The summed E-state index contributed by atoms with van der Waals surface area (Å²) in [7, 11) is 0. The number of nitrogens with zero attached hydrogens (tertiary/aromatic N) is 1. The van der Waals surface area contributed by atoms with Crippen molar-refractivity contribution in [2.75, 3.05) is 5.32 Å². The second kappa shape index (κ2) is 6.23. The minimum Gasteiger partial charge on any atom is -0.426 e. The molecular formula is C13H12N3O4S+. The van der Waals surface area contributed by atoms with Crippen LogP contribution in [0.5, 0.6) is 5.75 Å². The van der Waals surface area contributed by atoms with Gasteiger partial charge in [0.05, 0.1) is 0 Å². The van der Waals surface area contributed by atoms with Crippen LogP contribution in [0.4, 0.5) is 10.1 Å². The fourth-order valence-corrected chi connectivity index (χ4v) is 2.36. The number of H-pyrrole nitrogens is 1. The first-order valence-electron chi connectivity index (χ1n) is 5.95. The summed E-state index contributed by atoms with van der Waals surface area (Å²) in [6.07, 6.45) is 1.39. The second-order valence-electron chi connectivity index (χ2n) is 4.15. The molecule has 0 unspecified atom stereocenters. The number of esters is 1. The number of rotatable bonds is 4. The molecule has 2 N–H and O–H groups in total. The number of aryl methyl sites for hydroxylation is 1. The molecule has 21 heavy (non-hydrogen) atoms. The number of amides is 1. The van der Waals surface area contributed by atoms with Crippen molar-refractivity contribution in [1.82, 2.24) is 0 Å². The topological polar surface area (TPSA) is 99.0 Å². The minimum atomic E-state index is -0.509. The standard InChI is InChI=1S/C13H11N3O4S/c1-7-4-3-5-9(20-8(2)17)11(7)12(18)15-13-14-6-10(16-19)21-13/h3-6H,1-2H3,(H,14,15,18)/p+1. The molecule has 108 valence electrons. The summed E-state index contributed by atoms with van der Waals surface area (Å²) in [4.78, 5) is 36.5. The summed E-state index contributed by atoms with van der Waals surface area (Å²) < 4.78 is 5.04. The maximum Gasteiger partial charge on any atom is 0.343 e. The molecule has 0 atom stereocenters. The zero-order valence-corrected chi connectivity index (χ0v) is 12.1. The highest BCUT2D eigenvalue weighted by molar-refractivity contribution is 7.18. The van der Waals surface area contributed by atoms with Gasteiger partial charge in [0.15, 0.2) is 0 Å². The molecule has 1 amide bonds. The quantitative estimate of drug-likeness (QED) is 0.532. The monoisotopic (exact) mass is 306 g/mol. The largest absolute Gasteiger partial charge is 0.426 e. The van der Waals surface area contributed by atoms with Crippen molar-refractivity contribution in [3.05, 3.63) is 40.4 Å². The number of aromatic amines is 1. The minimum absolute atomic E-state index is 0.185. The zero-order valence-electron chi connectivity index (χ0n) is 11.3. The van der Waals surface area contributed by atoms with Crippen molar-refractivity contribution in [3.63, 3.8) is 0 Å². The Kier molecular flexibility index (Phi) is 4.39. The zero-order chi connectivity index (χ0) is 15.4. The lowest BCUT2D eigenvalue weighted by Crippen LogP contribution is -2.19. The number of hydrogen-bond donors (Lipinski definition) is 1. The lowest BCUT2D eigenvalue weighted by atomic mass is 10.1. The summed E-state index contributed by atoms with van der Waals surface area (Å²) in [6.45, 7) is 3.00. The van der Waals surface area contributed by atoms with Gasteiger partial charge in [0.25, 0.3) is 0 Å². The van der Waals surface area contributed by atoms with Crippen molar-refractivity contribution in [2.45, 2.75) is 13.8 Å². The SMILES string of the molecule is CC(=O)Oc1cccc(C)c1C(=O)Nc1[nH+]cc(N=O)s1. The first-order valence-corrected chi connectivity index (χ1v) is 6.77. The summed E-state index contributed by atoms with van der Waals surface area (Å²) in [6, 6.07) is 4.97. The van der Waals surface area contributed by atoms with Gasteiger partial charge in [0.2, 0.25) is 5.00 Å². The number of aromatic nitrogens is 1. The molecule has 1 heterocycles. The third-order valence-corrected chi connectivity index (χ3v) is 3.39. The Morgan fingerprint density at radius 3 is 2.76 bits per heavy atom. The Labute approximate surface area is 123 Å². The Bertz CT molecular complexity index is 711. The lowest BCUT2D eigenvalue weighted by molar-refractivity contribution is -0.353. The summed E-state index contributed by atoms with van der Waals surface area (Å²) >= 11 is 1.01.